The van der Waals surface area contributed by atoms with Crippen LogP contribution in [0.25, 0.3) is 0 Å². The van der Waals surface area contributed by atoms with Gasteiger partial charge in [0.1, 0.15) is 5.41 Å². The first-order valence-electron chi connectivity index (χ1n) is 9.68. The summed E-state index contributed by atoms with van der Waals surface area (Å²) in [7, 11) is 6.08. The van der Waals surface area contributed by atoms with Gasteiger partial charge < -0.3 is 35.5 Å². The van der Waals surface area contributed by atoms with Gasteiger partial charge in [-0.15, -0.1) is 0 Å². The lowest BCUT2D eigenvalue weighted by Gasteiger charge is -2.32. The fraction of sp³-hybridized carbons (Fsp3) is 0.435. The summed E-state index contributed by atoms with van der Waals surface area (Å²) in [5, 5.41) is 10.2. The molecular weight excluding hydrogens is 400 g/mol. The third-order valence-electron chi connectivity index (χ3n) is 6.22. The van der Waals surface area contributed by atoms with Gasteiger partial charge in [0.05, 0.1) is 0 Å². The lowest BCUT2D eigenvalue weighted by molar-refractivity contribution is -0.202. The molecule has 0 aromatic heterocycles. The maximum absolute atomic E-state index is 12.5. The first-order chi connectivity index (χ1) is 14.4. The minimum absolute atomic E-state index is 0.282. The van der Waals surface area contributed by atoms with Crippen molar-refractivity contribution in [2.45, 2.75) is 37.8 Å². The number of anilines is 2. The van der Waals surface area contributed by atoms with E-state index in [2.05, 4.69) is 0 Å². The number of carbonyl (C=O) groups is 1. The van der Waals surface area contributed by atoms with Crippen molar-refractivity contribution in [2.24, 2.45) is 0 Å². The van der Waals surface area contributed by atoms with Crippen LogP contribution in [0.5, 0.6) is 0 Å². The van der Waals surface area contributed by atoms with Crippen molar-refractivity contribution in [1.82, 2.24) is 0 Å². The van der Waals surface area contributed by atoms with Gasteiger partial charge in [-0.1, -0.05) is 24.3 Å². The molecule has 0 fully saturated rings. The van der Waals surface area contributed by atoms with E-state index in [4.69, 9.17) is 30.4 Å². The number of ether oxygens (including phenoxy) is 4. The Morgan fingerprint density at radius 3 is 1.29 bits per heavy atom. The smallest absolute Gasteiger partial charge is 0.318 e. The van der Waals surface area contributed by atoms with E-state index in [-0.39, 0.29) is 11.4 Å². The summed E-state index contributed by atoms with van der Waals surface area (Å²) in [5.41, 5.74) is 13.8. The van der Waals surface area contributed by atoms with Gasteiger partial charge in [-0.25, -0.2) is 0 Å². The van der Waals surface area contributed by atoms with Crippen LogP contribution in [-0.2, 0) is 40.7 Å². The molecule has 2 rings (SSSR count). The highest BCUT2D eigenvalue weighted by Gasteiger charge is 2.41. The summed E-state index contributed by atoms with van der Waals surface area (Å²) >= 11 is 0. The Hall–Kier alpha value is -2.65. The number of carboxylic acids is 1. The summed E-state index contributed by atoms with van der Waals surface area (Å²) < 4.78 is 21.7. The zero-order valence-corrected chi connectivity index (χ0v) is 19.1. The molecule has 0 radical (unpaired) electrons. The third kappa shape index (κ3) is 4.12. The number of benzene rings is 2. The molecule has 31 heavy (non-hydrogen) atoms. The lowest BCUT2D eigenvalue weighted by Crippen LogP contribution is -2.36. The van der Waals surface area contributed by atoms with E-state index in [1.165, 1.54) is 28.4 Å². The molecule has 0 aliphatic heterocycles. The second kappa shape index (κ2) is 8.84. The normalized spacial score (nSPS) is 12.7. The van der Waals surface area contributed by atoms with Crippen molar-refractivity contribution in [3.8, 4) is 0 Å². The minimum Gasteiger partial charge on any atom is -0.480 e. The Balaban J connectivity index is 2.66. The Kier molecular flexibility index (Phi) is 7.02. The van der Waals surface area contributed by atoms with Crippen molar-refractivity contribution in [1.29, 1.82) is 0 Å². The van der Waals surface area contributed by atoms with Crippen LogP contribution in [-0.4, -0.2) is 39.5 Å². The molecule has 0 aliphatic carbocycles. The Labute approximate surface area is 183 Å². The summed E-state index contributed by atoms with van der Waals surface area (Å²) in [5.74, 6) is -3.12. The molecule has 0 saturated heterocycles. The number of aliphatic carboxylic acids is 1. The molecule has 0 spiro atoms. The van der Waals surface area contributed by atoms with Gasteiger partial charge in [0.15, 0.2) is 11.6 Å². The number of nitrogens with two attached hydrogens (primary N) is 2. The topological polar surface area (TPSA) is 126 Å². The molecular formula is C23H32N2O6. The van der Waals surface area contributed by atoms with Crippen LogP contribution in [0.1, 0.15) is 43.0 Å². The van der Waals surface area contributed by atoms with Crippen LogP contribution in [0, 0.1) is 0 Å². The highest BCUT2D eigenvalue weighted by molar-refractivity contribution is 5.89. The van der Waals surface area contributed by atoms with E-state index < -0.39 is 23.0 Å². The number of carboxylic acid groups (broad SMARTS) is 1. The standard InChI is InChI=1S/C23H32N2O6/c1-21(20(26)27,16-10-8-14(12-18(16)24)22(2,28-4)29-5)17-11-9-15(13-19(17)25)23(3,30-6)31-7/h8-13H,24-25H2,1-7H3,(H,26,27). The molecule has 0 unspecified atom stereocenters. The largest absolute Gasteiger partial charge is 0.480 e. The highest BCUT2D eigenvalue weighted by atomic mass is 16.7. The summed E-state index contributed by atoms with van der Waals surface area (Å²) in [4.78, 5) is 12.5. The maximum atomic E-state index is 12.5. The van der Waals surface area contributed by atoms with E-state index >= 15 is 0 Å². The molecule has 2 aromatic carbocycles. The van der Waals surface area contributed by atoms with Crippen LogP contribution in [0.3, 0.4) is 0 Å². The van der Waals surface area contributed by atoms with Crippen LogP contribution in [0.15, 0.2) is 36.4 Å². The number of methoxy groups -OCH3 is 4. The van der Waals surface area contributed by atoms with Crippen LogP contribution >= 0.6 is 0 Å². The molecule has 5 N–H and O–H groups in total. The molecule has 0 saturated carbocycles. The summed E-state index contributed by atoms with van der Waals surface area (Å²) in [6, 6.07) is 10.1. The third-order valence-corrected chi connectivity index (χ3v) is 6.22. The summed E-state index contributed by atoms with van der Waals surface area (Å²) in [6.45, 7) is 5.07. The second-order valence-electron chi connectivity index (χ2n) is 7.74. The number of hydrogen-bond acceptors (Lipinski definition) is 7. The van der Waals surface area contributed by atoms with Crippen molar-refractivity contribution >= 4 is 17.3 Å². The molecule has 0 atom stereocenters. The highest BCUT2D eigenvalue weighted by Crippen LogP contribution is 2.41. The molecule has 0 bridgehead atoms. The van der Waals surface area contributed by atoms with Gasteiger partial charge in [-0.05, 0) is 44.0 Å². The fourth-order valence-electron chi connectivity index (χ4n) is 3.61. The summed E-state index contributed by atoms with van der Waals surface area (Å²) in [6.07, 6.45) is 0. The molecule has 0 aliphatic rings. The van der Waals surface area contributed by atoms with Crippen molar-refractivity contribution < 1.29 is 28.8 Å². The van der Waals surface area contributed by atoms with Crippen molar-refractivity contribution in [3.05, 3.63) is 58.7 Å². The molecule has 0 heterocycles. The maximum Gasteiger partial charge on any atom is 0.318 e. The fourth-order valence-corrected chi connectivity index (χ4v) is 3.61. The zero-order chi connectivity index (χ0) is 23.6. The first-order valence-corrected chi connectivity index (χ1v) is 9.68. The molecule has 170 valence electrons. The first kappa shape index (κ1) is 24.6. The van der Waals surface area contributed by atoms with E-state index in [0.717, 1.165) is 0 Å². The van der Waals surface area contributed by atoms with Crippen LogP contribution in [0.4, 0.5) is 11.4 Å². The van der Waals surface area contributed by atoms with Gasteiger partial charge in [-0.3, -0.25) is 4.79 Å². The predicted octanol–water partition coefficient (Wildman–Crippen LogP) is 3.17. The minimum atomic E-state index is -1.50. The Morgan fingerprint density at radius 2 is 1.06 bits per heavy atom. The average Bonchev–Trinajstić information content (AvgIpc) is 2.77. The van der Waals surface area contributed by atoms with E-state index in [1.54, 1.807) is 57.2 Å². The van der Waals surface area contributed by atoms with Gasteiger partial charge >= 0.3 is 5.97 Å². The van der Waals surface area contributed by atoms with Gasteiger partial charge in [0.2, 0.25) is 0 Å². The number of hydrogen-bond donors (Lipinski definition) is 3. The SMILES string of the molecule is COC(C)(OC)c1ccc(C(C)(C(=O)O)c2ccc(C(C)(OC)OC)cc2N)c(N)c1. The van der Waals surface area contributed by atoms with E-state index in [0.29, 0.717) is 22.3 Å². The predicted molar refractivity (Wildman–Crippen MR) is 119 cm³/mol. The van der Waals surface area contributed by atoms with Crippen molar-refractivity contribution in [3.63, 3.8) is 0 Å². The van der Waals surface area contributed by atoms with Crippen LogP contribution in [0.2, 0.25) is 0 Å². The molecule has 0 amide bonds. The quantitative estimate of drug-likeness (QED) is 0.407. The Bertz CT molecular complexity index is 884. The lowest BCUT2D eigenvalue weighted by atomic mass is 9.74. The average molecular weight is 433 g/mol. The number of nitrogen functional groups attached to an aromatic ring is 2. The van der Waals surface area contributed by atoms with Gasteiger partial charge in [-0.2, -0.15) is 0 Å². The van der Waals surface area contributed by atoms with Gasteiger partial charge in [0.25, 0.3) is 0 Å². The number of rotatable bonds is 9. The second-order valence-corrected chi connectivity index (χ2v) is 7.74. The molecule has 2 aromatic rings. The molecule has 8 heteroatoms. The van der Waals surface area contributed by atoms with Crippen molar-refractivity contribution in [2.75, 3.05) is 39.9 Å². The monoisotopic (exact) mass is 432 g/mol. The zero-order valence-electron chi connectivity index (χ0n) is 19.1. The van der Waals surface area contributed by atoms with Gasteiger partial charge in [0, 0.05) is 50.9 Å². The van der Waals surface area contributed by atoms with E-state index in [1.807, 2.05) is 0 Å². The van der Waals surface area contributed by atoms with Crippen LogP contribution < -0.4 is 11.5 Å². The van der Waals surface area contributed by atoms with E-state index in [9.17, 15) is 9.90 Å². The Morgan fingerprint density at radius 1 is 0.742 bits per heavy atom. The molecule has 8 nitrogen and oxygen atoms in total.